The summed E-state index contributed by atoms with van der Waals surface area (Å²) in [5.74, 6) is -1.18. The molecular weight excluding hydrogens is 248 g/mol. The molecule has 0 saturated carbocycles. The van der Waals surface area contributed by atoms with Gasteiger partial charge in [-0.15, -0.1) is 11.3 Å². The van der Waals surface area contributed by atoms with Crippen molar-refractivity contribution in [2.45, 2.75) is 52.5 Å². The molecule has 0 bridgehead atoms. The third-order valence-electron chi connectivity index (χ3n) is 2.07. The summed E-state index contributed by atoms with van der Waals surface area (Å²) in [6.45, 7) is 11.6. The molecule has 1 N–H and O–H groups in total. The van der Waals surface area contributed by atoms with Crippen molar-refractivity contribution >= 4 is 23.0 Å². The molecule has 0 unspecified atom stereocenters. The second-order valence-corrected chi connectivity index (χ2v) is 7.18. The maximum absolute atomic E-state index is 11.9. The number of amides is 1. The molecule has 18 heavy (non-hydrogen) atoms. The third-order valence-corrected chi connectivity index (χ3v) is 3.34. The molecule has 100 valence electrons. The van der Waals surface area contributed by atoms with Gasteiger partial charge in [-0.2, -0.15) is 0 Å². The summed E-state index contributed by atoms with van der Waals surface area (Å²) >= 11 is 1.41. The molecule has 0 aromatic carbocycles. The molecule has 1 rings (SSSR count). The van der Waals surface area contributed by atoms with Crippen molar-refractivity contribution in [1.82, 2.24) is 10.3 Å². The second kappa shape index (κ2) is 4.80. The number of carbonyl (C=O) groups excluding carboxylic acids is 2. The van der Waals surface area contributed by atoms with Gasteiger partial charge in [0.05, 0.1) is 5.01 Å². The van der Waals surface area contributed by atoms with Gasteiger partial charge in [0.25, 0.3) is 11.7 Å². The highest BCUT2D eigenvalue weighted by Gasteiger charge is 2.25. The number of aromatic nitrogens is 1. The standard InChI is InChI=1S/C13H20N2O2S/c1-12(2,3)11-14-8(7-18-11)9(16)10(17)15-13(4,5)6/h7H,1-6H3,(H,15,17). The number of nitrogens with zero attached hydrogens (tertiary/aromatic N) is 1. The van der Waals surface area contributed by atoms with E-state index in [0.717, 1.165) is 5.01 Å². The third kappa shape index (κ3) is 3.91. The Hall–Kier alpha value is -1.23. The van der Waals surface area contributed by atoms with E-state index in [0.29, 0.717) is 0 Å². The van der Waals surface area contributed by atoms with Crippen molar-refractivity contribution in [2.24, 2.45) is 0 Å². The smallest absolute Gasteiger partial charge is 0.294 e. The van der Waals surface area contributed by atoms with Gasteiger partial charge in [-0.25, -0.2) is 4.98 Å². The largest absolute Gasteiger partial charge is 0.345 e. The predicted molar refractivity (Wildman–Crippen MR) is 73.0 cm³/mol. The minimum atomic E-state index is -0.603. The number of hydrogen-bond acceptors (Lipinski definition) is 4. The number of ketones is 1. The normalized spacial score (nSPS) is 12.3. The van der Waals surface area contributed by atoms with Gasteiger partial charge in [0.1, 0.15) is 5.69 Å². The van der Waals surface area contributed by atoms with E-state index in [9.17, 15) is 9.59 Å². The Kier molecular flexibility index (Phi) is 3.96. The summed E-state index contributed by atoms with van der Waals surface area (Å²) in [7, 11) is 0. The lowest BCUT2D eigenvalue weighted by molar-refractivity contribution is -0.118. The number of hydrogen-bond donors (Lipinski definition) is 1. The molecule has 1 heterocycles. The molecule has 0 fully saturated rings. The van der Waals surface area contributed by atoms with E-state index in [1.54, 1.807) is 5.38 Å². The van der Waals surface area contributed by atoms with Crippen molar-refractivity contribution in [1.29, 1.82) is 0 Å². The summed E-state index contributed by atoms with van der Waals surface area (Å²) in [5.41, 5.74) is -0.300. The van der Waals surface area contributed by atoms with E-state index in [1.165, 1.54) is 11.3 Å². The minimum absolute atomic E-state index is 0.107. The average molecular weight is 268 g/mol. The molecule has 0 atom stereocenters. The first-order valence-electron chi connectivity index (χ1n) is 5.83. The highest BCUT2D eigenvalue weighted by molar-refractivity contribution is 7.10. The van der Waals surface area contributed by atoms with Gasteiger partial charge in [0, 0.05) is 16.3 Å². The van der Waals surface area contributed by atoms with Crippen molar-refractivity contribution in [3.05, 3.63) is 16.1 Å². The van der Waals surface area contributed by atoms with Gasteiger partial charge in [0.15, 0.2) is 0 Å². The maximum atomic E-state index is 11.9. The van der Waals surface area contributed by atoms with Gasteiger partial charge >= 0.3 is 0 Å². The maximum Gasteiger partial charge on any atom is 0.294 e. The van der Waals surface area contributed by atoms with Gasteiger partial charge in [-0.3, -0.25) is 9.59 Å². The van der Waals surface area contributed by atoms with Crippen LogP contribution in [0.25, 0.3) is 0 Å². The van der Waals surface area contributed by atoms with E-state index in [-0.39, 0.29) is 11.1 Å². The van der Waals surface area contributed by atoms with Crippen molar-refractivity contribution in [3.8, 4) is 0 Å². The SMILES string of the molecule is CC(C)(C)NC(=O)C(=O)c1csc(C(C)(C)C)n1. The summed E-state index contributed by atoms with van der Waals surface area (Å²) in [6, 6.07) is 0. The van der Waals surface area contributed by atoms with Gasteiger partial charge in [0.2, 0.25) is 0 Å². The van der Waals surface area contributed by atoms with Crippen LogP contribution >= 0.6 is 11.3 Å². The Morgan fingerprint density at radius 3 is 2.11 bits per heavy atom. The molecule has 4 nitrogen and oxygen atoms in total. The van der Waals surface area contributed by atoms with Crippen LogP contribution in [-0.4, -0.2) is 22.2 Å². The fourth-order valence-electron chi connectivity index (χ4n) is 1.24. The van der Waals surface area contributed by atoms with E-state index < -0.39 is 17.2 Å². The molecular formula is C13H20N2O2S. The monoisotopic (exact) mass is 268 g/mol. The first kappa shape index (κ1) is 14.8. The van der Waals surface area contributed by atoms with Crippen LogP contribution < -0.4 is 5.32 Å². The molecule has 0 aliphatic heterocycles. The molecule has 5 heteroatoms. The number of carbonyl (C=O) groups is 2. The highest BCUT2D eigenvalue weighted by atomic mass is 32.1. The minimum Gasteiger partial charge on any atom is -0.345 e. The van der Waals surface area contributed by atoms with Crippen LogP contribution in [0.5, 0.6) is 0 Å². The molecule has 0 saturated heterocycles. The second-order valence-electron chi connectivity index (χ2n) is 6.32. The molecule has 1 aromatic heterocycles. The molecule has 0 radical (unpaired) electrons. The Bertz CT molecular complexity index is 464. The van der Waals surface area contributed by atoms with E-state index in [4.69, 9.17) is 0 Å². The zero-order valence-electron chi connectivity index (χ0n) is 11.7. The van der Waals surface area contributed by atoms with Crippen LogP contribution in [0.15, 0.2) is 5.38 Å². The number of thiazole rings is 1. The molecule has 0 spiro atoms. The summed E-state index contributed by atoms with van der Waals surface area (Å²) in [5, 5.41) is 5.14. The van der Waals surface area contributed by atoms with E-state index in [1.807, 2.05) is 41.5 Å². The average Bonchev–Trinajstić information content (AvgIpc) is 2.61. The predicted octanol–water partition coefficient (Wildman–Crippen LogP) is 2.54. The van der Waals surface area contributed by atoms with Crippen molar-refractivity contribution in [2.75, 3.05) is 0 Å². The lowest BCUT2D eigenvalue weighted by Crippen LogP contribution is -2.44. The Morgan fingerprint density at radius 2 is 1.72 bits per heavy atom. The lowest BCUT2D eigenvalue weighted by Gasteiger charge is -2.19. The first-order chi connectivity index (χ1) is 8.00. The zero-order chi connectivity index (χ0) is 14.1. The molecule has 1 amide bonds. The fraction of sp³-hybridized carbons (Fsp3) is 0.615. The quantitative estimate of drug-likeness (QED) is 0.662. The summed E-state index contributed by atoms with van der Waals surface area (Å²) in [4.78, 5) is 27.9. The van der Waals surface area contributed by atoms with Crippen molar-refractivity contribution < 1.29 is 9.59 Å². The van der Waals surface area contributed by atoms with E-state index in [2.05, 4.69) is 10.3 Å². The van der Waals surface area contributed by atoms with Gasteiger partial charge in [-0.05, 0) is 20.8 Å². The summed E-state index contributed by atoms with van der Waals surface area (Å²) in [6.07, 6.45) is 0. The number of Topliss-reactive ketones (excluding diaryl/α,β-unsaturated/α-hetero) is 1. The first-order valence-corrected chi connectivity index (χ1v) is 6.71. The van der Waals surface area contributed by atoms with Crippen LogP contribution in [0.4, 0.5) is 0 Å². The Balaban J connectivity index is 2.86. The van der Waals surface area contributed by atoms with Gasteiger partial charge in [-0.1, -0.05) is 20.8 Å². The summed E-state index contributed by atoms with van der Waals surface area (Å²) < 4.78 is 0. The van der Waals surface area contributed by atoms with Crippen LogP contribution in [0.2, 0.25) is 0 Å². The van der Waals surface area contributed by atoms with Crippen LogP contribution in [-0.2, 0) is 10.2 Å². The van der Waals surface area contributed by atoms with E-state index >= 15 is 0 Å². The van der Waals surface area contributed by atoms with Crippen LogP contribution in [0, 0.1) is 0 Å². The van der Waals surface area contributed by atoms with Gasteiger partial charge < -0.3 is 5.32 Å². The zero-order valence-corrected chi connectivity index (χ0v) is 12.6. The fourth-order valence-corrected chi connectivity index (χ4v) is 2.12. The highest BCUT2D eigenvalue weighted by Crippen LogP contribution is 2.25. The lowest BCUT2D eigenvalue weighted by atomic mass is 9.98. The van der Waals surface area contributed by atoms with Crippen molar-refractivity contribution in [3.63, 3.8) is 0 Å². The molecule has 0 aliphatic carbocycles. The number of rotatable bonds is 2. The topological polar surface area (TPSA) is 59.1 Å². The Labute approximate surface area is 112 Å². The molecule has 1 aromatic rings. The van der Waals surface area contributed by atoms with Crippen LogP contribution in [0.3, 0.4) is 0 Å². The number of nitrogens with one attached hydrogen (secondary N) is 1. The molecule has 0 aliphatic rings. The van der Waals surface area contributed by atoms with Crippen LogP contribution in [0.1, 0.15) is 57.0 Å². The Morgan fingerprint density at radius 1 is 1.17 bits per heavy atom.